The molecule has 6 heteroatoms. The number of imidazole rings is 1. The number of benzene rings is 2. The van der Waals surface area contributed by atoms with E-state index in [2.05, 4.69) is 4.98 Å². The van der Waals surface area contributed by atoms with Gasteiger partial charge in [0.25, 0.3) is 5.56 Å². The first kappa shape index (κ1) is 17.5. The van der Waals surface area contributed by atoms with E-state index in [9.17, 15) is 4.79 Å². The van der Waals surface area contributed by atoms with E-state index in [1.807, 2.05) is 74.1 Å². The maximum atomic E-state index is 13.4. The zero-order valence-corrected chi connectivity index (χ0v) is 16.3. The minimum Gasteiger partial charge on any atom is -0.329 e. The van der Waals surface area contributed by atoms with Gasteiger partial charge in [-0.05, 0) is 37.1 Å². The molecule has 4 rings (SSSR count). The van der Waals surface area contributed by atoms with Crippen molar-refractivity contribution in [1.29, 1.82) is 0 Å². The lowest BCUT2D eigenvalue weighted by Gasteiger charge is -2.16. The Balaban J connectivity index is 1.93. The molecular weight excluding hydrogens is 356 g/mol. The molecule has 0 bridgehead atoms. The number of hydrogen-bond acceptors (Lipinski definition) is 4. The topological polar surface area (TPSA) is 52.7 Å². The predicted molar refractivity (Wildman–Crippen MR) is 110 cm³/mol. The molecule has 0 aliphatic carbocycles. The number of fused-ring (bicyclic) bond motifs is 1. The average molecular weight is 376 g/mol. The van der Waals surface area contributed by atoms with Gasteiger partial charge in [-0.2, -0.15) is 0 Å². The van der Waals surface area contributed by atoms with Crippen LogP contribution in [0, 0.1) is 13.8 Å². The monoisotopic (exact) mass is 376 g/mol. The zero-order chi connectivity index (χ0) is 19.0. The van der Waals surface area contributed by atoms with Crippen LogP contribution in [0.4, 0.5) is 0 Å². The van der Waals surface area contributed by atoms with E-state index in [1.165, 1.54) is 0 Å². The fourth-order valence-corrected chi connectivity index (χ4v) is 4.07. The standard InChI is InChI=1S/C21H20N4OS/c1-14-7-4-5-10-17(14)25-18(13-27-21-22-11-12-24(21)3)23-16-9-6-8-15(2)19(16)20(25)26/h4-12H,13H2,1-3H3. The third-order valence-corrected chi connectivity index (χ3v) is 5.69. The minimum atomic E-state index is -0.0251. The second kappa shape index (κ2) is 7.04. The zero-order valence-electron chi connectivity index (χ0n) is 15.5. The van der Waals surface area contributed by atoms with E-state index < -0.39 is 0 Å². The first-order valence-corrected chi connectivity index (χ1v) is 9.72. The van der Waals surface area contributed by atoms with Crippen LogP contribution in [0.25, 0.3) is 16.6 Å². The second-order valence-corrected chi connectivity index (χ2v) is 7.48. The van der Waals surface area contributed by atoms with E-state index in [4.69, 9.17) is 4.98 Å². The van der Waals surface area contributed by atoms with Gasteiger partial charge in [-0.15, -0.1) is 0 Å². The molecule has 0 fully saturated rings. The molecule has 2 heterocycles. The summed E-state index contributed by atoms with van der Waals surface area (Å²) in [6.45, 7) is 3.97. The van der Waals surface area contributed by atoms with Gasteiger partial charge in [-0.1, -0.05) is 42.1 Å². The number of nitrogens with zero attached hydrogens (tertiary/aromatic N) is 4. The summed E-state index contributed by atoms with van der Waals surface area (Å²) in [5, 5.41) is 1.57. The predicted octanol–water partition coefficient (Wildman–Crippen LogP) is 4.03. The Labute approximate surface area is 161 Å². The fourth-order valence-electron chi connectivity index (χ4n) is 3.22. The van der Waals surface area contributed by atoms with Gasteiger partial charge >= 0.3 is 0 Å². The van der Waals surface area contributed by atoms with Crippen molar-refractivity contribution in [3.8, 4) is 5.69 Å². The molecule has 0 N–H and O–H groups in total. The maximum Gasteiger partial charge on any atom is 0.266 e. The first-order valence-electron chi connectivity index (χ1n) is 8.73. The van der Waals surface area contributed by atoms with Gasteiger partial charge < -0.3 is 4.57 Å². The third-order valence-electron chi connectivity index (χ3n) is 4.64. The molecule has 0 unspecified atom stereocenters. The number of para-hydroxylation sites is 1. The molecule has 0 saturated carbocycles. The molecular formula is C21H20N4OS. The second-order valence-electron chi connectivity index (χ2n) is 6.53. The summed E-state index contributed by atoms with van der Waals surface area (Å²) in [4.78, 5) is 22.7. The van der Waals surface area contributed by atoms with Crippen molar-refractivity contribution in [3.63, 3.8) is 0 Å². The van der Waals surface area contributed by atoms with Crippen molar-refractivity contribution in [1.82, 2.24) is 19.1 Å². The van der Waals surface area contributed by atoms with E-state index in [0.29, 0.717) is 11.1 Å². The van der Waals surface area contributed by atoms with Crippen LogP contribution < -0.4 is 5.56 Å². The molecule has 0 saturated heterocycles. The van der Waals surface area contributed by atoms with E-state index in [0.717, 1.165) is 33.3 Å². The molecule has 0 aliphatic rings. The highest BCUT2D eigenvalue weighted by Crippen LogP contribution is 2.24. The van der Waals surface area contributed by atoms with E-state index >= 15 is 0 Å². The number of rotatable bonds is 4. The van der Waals surface area contributed by atoms with Crippen molar-refractivity contribution in [3.05, 3.63) is 82.2 Å². The normalized spacial score (nSPS) is 11.2. The number of aromatic nitrogens is 4. The third kappa shape index (κ3) is 3.17. The SMILES string of the molecule is Cc1ccccc1-n1c(CSc2nccn2C)nc2cccc(C)c2c1=O. The fraction of sp³-hybridized carbons (Fsp3) is 0.190. The minimum absolute atomic E-state index is 0.0251. The Hall–Kier alpha value is -2.86. The Morgan fingerprint density at radius 2 is 1.81 bits per heavy atom. The van der Waals surface area contributed by atoms with Crippen LogP contribution in [0.2, 0.25) is 0 Å². The van der Waals surface area contributed by atoms with E-state index in [1.54, 1.807) is 22.5 Å². The molecule has 136 valence electrons. The molecule has 0 atom stereocenters. The quantitative estimate of drug-likeness (QED) is 0.505. The molecule has 0 aliphatic heterocycles. The Kier molecular flexibility index (Phi) is 4.58. The van der Waals surface area contributed by atoms with Crippen molar-refractivity contribution < 1.29 is 0 Å². The first-order chi connectivity index (χ1) is 13.1. The van der Waals surface area contributed by atoms with E-state index in [-0.39, 0.29) is 5.56 Å². The van der Waals surface area contributed by atoms with Gasteiger partial charge in [0.2, 0.25) is 0 Å². The van der Waals surface area contributed by atoms with Gasteiger partial charge in [0.1, 0.15) is 5.82 Å². The molecule has 5 nitrogen and oxygen atoms in total. The lowest BCUT2D eigenvalue weighted by Crippen LogP contribution is -2.25. The highest BCUT2D eigenvalue weighted by molar-refractivity contribution is 7.98. The molecule has 2 aromatic heterocycles. The van der Waals surface area contributed by atoms with Crippen LogP contribution in [-0.4, -0.2) is 19.1 Å². The van der Waals surface area contributed by atoms with Gasteiger partial charge in [0.05, 0.1) is 22.3 Å². The molecule has 0 radical (unpaired) electrons. The van der Waals surface area contributed by atoms with Crippen molar-refractivity contribution in [2.45, 2.75) is 24.8 Å². The van der Waals surface area contributed by atoms with Crippen LogP contribution in [0.5, 0.6) is 0 Å². The molecule has 0 amide bonds. The summed E-state index contributed by atoms with van der Waals surface area (Å²) in [6, 6.07) is 13.7. The molecule has 0 spiro atoms. The highest BCUT2D eigenvalue weighted by Gasteiger charge is 2.16. The number of hydrogen-bond donors (Lipinski definition) is 0. The van der Waals surface area contributed by atoms with Gasteiger partial charge in [-0.25, -0.2) is 9.97 Å². The summed E-state index contributed by atoms with van der Waals surface area (Å²) in [6.07, 6.45) is 3.68. The molecule has 2 aromatic carbocycles. The largest absolute Gasteiger partial charge is 0.329 e. The van der Waals surface area contributed by atoms with Crippen LogP contribution in [0.15, 0.2) is 64.8 Å². The highest BCUT2D eigenvalue weighted by atomic mass is 32.2. The van der Waals surface area contributed by atoms with Crippen molar-refractivity contribution in [2.75, 3.05) is 0 Å². The summed E-state index contributed by atoms with van der Waals surface area (Å²) < 4.78 is 3.71. The van der Waals surface area contributed by atoms with Gasteiger partial charge in [0.15, 0.2) is 5.16 Å². The summed E-state index contributed by atoms with van der Waals surface area (Å²) in [5.74, 6) is 1.28. The van der Waals surface area contributed by atoms with Gasteiger partial charge in [-0.3, -0.25) is 9.36 Å². The maximum absolute atomic E-state index is 13.4. The molecule has 4 aromatic rings. The van der Waals surface area contributed by atoms with Crippen LogP contribution in [0.1, 0.15) is 17.0 Å². The lowest BCUT2D eigenvalue weighted by molar-refractivity contribution is 0.787. The van der Waals surface area contributed by atoms with Crippen LogP contribution >= 0.6 is 11.8 Å². The molecule has 27 heavy (non-hydrogen) atoms. The number of thioether (sulfide) groups is 1. The Bertz CT molecular complexity index is 1190. The summed E-state index contributed by atoms with van der Waals surface area (Å²) >= 11 is 1.57. The number of aryl methyl sites for hydroxylation is 3. The van der Waals surface area contributed by atoms with Crippen LogP contribution in [0.3, 0.4) is 0 Å². The van der Waals surface area contributed by atoms with Crippen LogP contribution in [-0.2, 0) is 12.8 Å². The smallest absolute Gasteiger partial charge is 0.266 e. The lowest BCUT2D eigenvalue weighted by atomic mass is 10.1. The van der Waals surface area contributed by atoms with Gasteiger partial charge in [0, 0.05) is 19.4 Å². The van der Waals surface area contributed by atoms with Crippen molar-refractivity contribution >= 4 is 22.7 Å². The summed E-state index contributed by atoms with van der Waals surface area (Å²) in [5.41, 5.74) is 3.56. The Morgan fingerprint density at radius 3 is 2.56 bits per heavy atom. The summed E-state index contributed by atoms with van der Waals surface area (Å²) in [7, 11) is 1.96. The average Bonchev–Trinajstić information content (AvgIpc) is 3.06. The Morgan fingerprint density at radius 1 is 1.04 bits per heavy atom. The van der Waals surface area contributed by atoms with Crippen molar-refractivity contribution in [2.24, 2.45) is 7.05 Å².